The number of hydrogen-bond acceptors (Lipinski definition) is 8. The minimum atomic E-state index is -0.985. The van der Waals surface area contributed by atoms with Crippen molar-refractivity contribution in [3.05, 3.63) is 54.1 Å². The number of nitrogens with zero attached hydrogens (tertiary/aromatic N) is 1. The maximum absolute atomic E-state index is 12.2. The molecule has 0 radical (unpaired) electrons. The number of oxime groups is 1. The van der Waals surface area contributed by atoms with Gasteiger partial charge in [0.05, 0.1) is 13.7 Å². The molecule has 7 nitrogen and oxygen atoms in total. The van der Waals surface area contributed by atoms with Crippen LogP contribution < -0.4 is 4.74 Å². The number of carbonyl (C=O) groups is 2. The zero-order valence-corrected chi connectivity index (χ0v) is 15.7. The Hall–Kier alpha value is -2.84. The molecule has 0 aliphatic rings. The summed E-state index contributed by atoms with van der Waals surface area (Å²) >= 11 is 1.53. The third-order valence-electron chi connectivity index (χ3n) is 3.29. The number of ether oxygens (including phenoxy) is 2. The van der Waals surface area contributed by atoms with Gasteiger partial charge in [-0.1, -0.05) is 16.9 Å². The predicted molar refractivity (Wildman–Crippen MR) is 101 cm³/mol. The smallest absolute Gasteiger partial charge is 0.491 e. The largest absolute Gasteiger partial charge is 0.534 e. The number of aliphatic hydroxyl groups is 1. The van der Waals surface area contributed by atoms with Gasteiger partial charge in [-0.3, -0.25) is 9.63 Å². The van der Waals surface area contributed by atoms with Crippen LogP contribution >= 0.6 is 11.8 Å². The SMILES string of the molecule is COC(=O)ON=C(C)C(=O)c1ccc(Sc2ccc(OCCO)cc2)cc1. The van der Waals surface area contributed by atoms with Crippen molar-refractivity contribution < 1.29 is 29.0 Å². The third-order valence-corrected chi connectivity index (χ3v) is 4.30. The minimum Gasteiger partial charge on any atom is -0.491 e. The Balaban J connectivity index is 1.98. The van der Waals surface area contributed by atoms with E-state index in [1.54, 1.807) is 12.1 Å². The van der Waals surface area contributed by atoms with E-state index in [1.807, 2.05) is 36.4 Å². The topological polar surface area (TPSA) is 94.4 Å². The molecule has 0 atom stereocenters. The van der Waals surface area contributed by atoms with Gasteiger partial charge in [0.2, 0.25) is 5.78 Å². The first-order chi connectivity index (χ1) is 13.0. The summed E-state index contributed by atoms with van der Waals surface area (Å²) in [5, 5.41) is 12.2. The molecule has 0 aliphatic heterocycles. The van der Waals surface area contributed by atoms with Gasteiger partial charge in [0.15, 0.2) is 0 Å². The number of Topliss-reactive ketones (excluding diaryl/α,β-unsaturated/α-hetero) is 1. The number of carbonyl (C=O) groups excluding carboxylic acids is 2. The lowest BCUT2D eigenvalue weighted by molar-refractivity contribution is 0.0748. The third kappa shape index (κ3) is 6.43. The first-order valence-corrected chi connectivity index (χ1v) is 8.81. The molecule has 2 rings (SSSR count). The summed E-state index contributed by atoms with van der Waals surface area (Å²) in [6, 6.07) is 14.5. The highest BCUT2D eigenvalue weighted by Gasteiger charge is 2.12. The first-order valence-electron chi connectivity index (χ1n) is 7.99. The van der Waals surface area contributed by atoms with Crippen LogP contribution in [0.1, 0.15) is 17.3 Å². The highest BCUT2D eigenvalue weighted by Crippen LogP contribution is 2.29. The van der Waals surface area contributed by atoms with Gasteiger partial charge in [-0.05, 0) is 55.5 Å². The van der Waals surface area contributed by atoms with Crippen LogP contribution in [0.5, 0.6) is 5.75 Å². The van der Waals surface area contributed by atoms with E-state index in [-0.39, 0.29) is 24.7 Å². The van der Waals surface area contributed by atoms with Crippen LogP contribution in [0.2, 0.25) is 0 Å². The van der Waals surface area contributed by atoms with Crippen LogP contribution in [0.15, 0.2) is 63.5 Å². The van der Waals surface area contributed by atoms with Crippen LogP contribution in [0.3, 0.4) is 0 Å². The molecule has 27 heavy (non-hydrogen) atoms. The quantitative estimate of drug-likeness (QED) is 0.243. The Morgan fingerprint density at radius 2 is 1.63 bits per heavy atom. The molecule has 0 aromatic heterocycles. The molecule has 0 saturated carbocycles. The molecule has 8 heteroatoms. The highest BCUT2D eigenvalue weighted by atomic mass is 32.2. The number of methoxy groups -OCH3 is 1. The molecule has 0 unspecified atom stereocenters. The number of aliphatic hydroxyl groups excluding tert-OH is 1. The summed E-state index contributed by atoms with van der Waals surface area (Å²) < 4.78 is 9.60. The van der Waals surface area contributed by atoms with Gasteiger partial charge in [-0.25, -0.2) is 4.79 Å². The van der Waals surface area contributed by atoms with Gasteiger partial charge < -0.3 is 14.6 Å². The summed E-state index contributed by atoms with van der Waals surface area (Å²) in [4.78, 5) is 29.5. The van der Waals surface area contributed by atoms with Crippen LogP contribution in [0.4, 0.5) is 4.79 Å². The molecule has 142 valence electrons. The molecule has 0 fully saturated rings. The van der Waals surface area contributed by atoms with Crippen LogP contribution in [-0.2, 0) is 9.57 Å². The number of hydrogen-bond donors (Lipinski definition) is 1. The molecule has 0 saturated heterocycles. The van der Waals surface area contributed by atoms with Crippen molar-refractivity contribution in [2.75, 3.05) is 20.3 Å². The van der Waals surface area contributed by atoms with Crippen molar-refractivity contribution in [1.29, 1.82) is 0 Å². The molecule has 0 spiro atoms. The maximum atomic E-state index is 12.2. The molecule has 0 heterocycles. The average Bonchev–Trinajstić information content (AvgIpc) is 2.71. The zero-order valence-electron chi connectivity index (χ0n) is 14.9. The molecule has 0 aliphatic carbocycles. The van der Waals surface area contributed by atoms with Gasteiger partial charge in [-0.15, -0.1) is 0 Å². The van der Waals surface area contributed by atoms with Gasteiger partial charge in [0.25, 0.3) is 0 Å². The van der Waals surface area contributed by atoms with Crippen molar-refractivity contribution in [3.63, 3.8) is 0 Å². The number of rotatable bonds is 8. The Morgan fingerprint density at radius 3 is 2.19 bits per heavy atom. The first kappa shape index (κ1) is 20.5. The lowest BCUT2D eigenvalue weighted by Crippen LogP contribution is -2.12. The van der Waals surface area contributed by atoms with Crippen LogP contribution in [0, 0.1) is 0 Å². The fourth-order valence-corrected chi connectivity index (χ4v) is 2.79. The summed E-state index contributed by atoms with van der Waals surface area (Å²) in [6.07, 6.45) is -0.985. The van der Waals surface area contributed by atoms with Crippen LogP contribution in [0.25, 0.3) is 0 Å². The second-order valence-corrected chi connectivity index (χ2v) is 6.37. The minimum absolute atomic E-state index is 0.0272. The maximum Gasteiger partial charge on any atom is 0.534 e. The molecule has 2 aromatic carbocycles. The second kappa shape index (κ2) is 10.3. The average molecular weight is 389 g/mol. The van der Waals surface area contributed by atoms with Crippen molar-refractivity contribution in [2.45, 2.75) is 16.7 Å². The van der Waals surface area contributed by atoms with Crippen LogP contribution in [-0.4, -0.2) is 43.1 Å². The van der Waals surface area contributed by atoms with Gasteiger partial charge in [-0.2, -0.15) is 0 Å². The summed E-state index contributed by atoms with van der Waals surface area (Å²) in [5.41, 5.74) is 0.473. The van der Waals surface area contributed by atoms with Crippen molar-refractivity contribution in [2.24, 2.45) is 5.16 Å². The normalized spacial score (nSPS) is 11.0. The second-order valence-electron chi connectivity index (χ2n) is 5.22. The van der Waals surface area contributed by atoms with E-state index in [1.165, 1.54) is 18.7 Å². The van der Waals surface area contributed by atoms with Crippen molar-refractivity contribution >= 4 is 29.4 Å². The molecule has 0 amide bonds. The fraction of sp³-hybridized carbons (Fsp3) is 0.211. The molecular weight excluding hydrogens is 370 g/mol. The van der Waals surface area contributed by atoms with E-state index in [2.05, 4.69) is 14.7 Å². The number of ketones is 1. The molecule has 2 aromatic rings. The Labute approximate surface area is 160 Å². The van der Waals surface area contributed by atoms with E-state index < -0.39 is 6.16 Å². The molecule has 1 N–H and O–H groups in total. The van der Waals surface area contributed by atoms with Gasteiger partial charge >= 0.3 is 6.16 Å². The van der Waals surface area contributed by atoms with E-state index in [0.717, 1.165) is 16.9 Å². The Morgan fingerprint density at radius 1 is 1.04 bits per heavy atom. The van der Waals surface area contributed by atoms with Crippen molar-refractivity contribution in [3.8, 4) is 5.75 Å². The molecular formula is C19H19NO6S. The monoisotopic (exact) mass is 389 g/mol. The van der Waals surface area contributed by atoms with Crippen molar-refractivity contribution in [1.82, 2.24) is 0 Å². The summed E-state index contributed by atoms with van der Waals surface area (Å²) in [6.45, 7) is 1.68. The lowest BCUT2D eigenvalue weighted by Gasteiger charge is -2.06. The van der Waals surface area contributed by atoms with Gasteiger partial charge in [0, 0.05) is 15.4 Å². The molecule has 0 bridgehead atoms. The zero-order chi connectivity index (χ0) is 19.6. The Kier molecular flexibility index (Phi) is 7.84. The lowest BCUT2D eigenvalue weighted by atomic mass is 10.1. The summed E-state index contributed by atoms with van der Waals surface area (Å²) in [5.74, 6) is 0.346. The Bertz CT molecular complexity index is 802. The van der Waals surface area contributed by atoms with E-state index in [0.29, 0.717) is 11.3 Å². The van der Waals surface area contributed by atoms with E-state index in [4.69, 9.17) is 9.84 Å². The standard InChI is InChI=1S/C19H19NO6S/c1-13(20-26-19(23)24-2)18(22)14-3-7-16(8-4-14)27-17-9-5-15(6-10-17)25-12-11-21/h3-10,21H,11-12H2,1-2H3. The highest BCUT2D eigenvalue weighted by molar-refractivity contribution is 7.99. The fourth-order valence-electron chi connectivity index (χ4n) is 1.97. The summed E-state index contributed by atoms with van der Waals surface area (Å²) in [7, 11) is 1.15. The van der Waals surface area contributed by atoms with Gasteiger partial charge in [0.1, 0.15) is 18.1 Å². The predicted octanol–water partition coefficient (Wildman–Crippen LogP) is 3.55. The van der Waals surface area contributed by atoms with E-state index in [9.17, 15) is 9.59 Å². The van der Waals surface area contributed by atoms with E-state index >= 15 is 0 Å². The number of benzene rings is 2.